The van der Waals surface area contributed by atoms with E-state index in [0.717, 1.165) is 44.9 Å². The molecule has 4 aromatic rings. The number of anilines is 1. The average Bonchev–Trinajstić information content (AvgIpc) is 3.23. The second-order valence-corrected chi connectivity index (χ2v) is 9.67. The summed E-state index contributed by atoms with van der Waals surface area (Å²) in [4.78, 5) is 4.64. The number of hydrogen-bond donors (Lipinski definition) is 3. The van der Waals surface area contributed by atoms with Crippen LogP contribution in [0.4, 0.5) is 18.9 Å². The van der Waals surface area contributed by atoms with Gasteiger partial charge in [0.05, 0.1) is 11.1 Å². The fourth-order valence-corrected chi connectivity index (χ4v) is 5.07. The number of piperazine rings is 1. The highest BCUT2D eigenvalue weighted by molar-refractivity contribution is 5.88. The van der Waals surface area contributed by atoms with E-state index in [4.69, 9.17) is 4.42 Å². The Morgan fingerprint density at radius 1 is 0.921 bits per heavy atom. The van der Waals surface area contributed by atoms with Gasteiger partial charge in [-0.15, -0.1) is 0 Å². The third-order valence-electron chi connectivity index (χ3n) is 7.02. The van der Waals surface area contributed by atoms with Crippen LogP contribution in [0.15, 0.2) is 71.1 Å². The fraction of sp³-hybridized carbons (Fsp3) is 0.310. The van der Waals surface area contributed by atoms with Gasteiger partial charge in [-0.2, -0.15) is 13.2 Å². The number of alkyl halides is 3. The van der Waals surface area contributed by atoms with Crippen LogP contribution in [0.1, 0.15) is 34.2 Å². The smallest absolute Gasteiger partial charge is 0.416 e. The molecule has 0 radical (unpaired) electrons. The van der Waals surface area contributed by atoms with Crippen molar-refractivity contribution in [1.82, 2.24) is 9.80 Å². The zero-order valence-corrected chi connectivity index (χ0v) is 21.0. The Balaban J connectivity index is 1.35. The van der Waals surface area contributed by atoms with E-state index in [1.807, 2.05) is 18.2 Å². The molecule has 1 unspecified atom stereocenters. The number of nitrogens with zero attached hydrogens (tertiary/aromatic N) is 2. The van der Waals surface area contributed by atoms with Crippen molar-refractivity contribution < 1.29 is 27.8 Å². The first-order valence-electron chi connectivity index (χ1n) is 12.5. The molecule has 9 heteroatoms. The van der Waals surface area contributed by atoms with Gasteiger partial charge in [0.25, 0.3) is 0 Å². The largest absolute Gasteiger partial charge is 0.508 e. The van der Waals surface area contributed by atoms with Crippen LogP contribution < -0.4 is 5.32 Å². The van der Waals surface area contributed by atoms with Crippen LogP contribution >= 0.6 is 0 Å². The summed E-state index contributed by atoms with van der Waals surface area (Å²) in [5, 5.41) is 25.2. The highest BCUT2D eigenvalue weighted by atomic mass is 19.4. The molecule has 1 aliphatic heterocycles. The Morgan fingerprint density at radius 2 is 1.61 bits per heavy atom. The van der Waals surface area contributed by atoms with E-state index in [0.29, 0.717) is 34.4 Å². The lowest BCUT2D eigenvalue weighted by Crippen LogP contribution is -2.45. The molecule has 0 saturated carbocycles. The minimum atomic E-state index is -4.50. The van der Waals surface area contributed by atoms with Crippen molar-refractivity contribution in [1.29, 1.82) is 0 Å². The summed E-state index contributed by atoms with van der Waals surface area (Å²) >= 11 is 0. The molecule has 1 atom stereocenters. The van der Waals surface area contributed by atoms with Gasteiger partial charge in [0.2, 0.25) is 0 Å². The van der Waals surface area contributed by atoms with Crippen LogP contribution in [-0.4, -0.2) is 46.2 Å². The molecule has 2 heterocycles. The van der Waals surface area contributed by atoms with Gasteiger partial charge in [0.15, 0.2) is 6.23 Å². The standard InChI is InChI=1S/C29H30F3N3O3/c1-19-26(28(37)33-22-9-5-8-21(16-22)29(30,31)32)27-23(24(36)10-11-25(27)38-19)18-35-14-12-34(13-15-35)17-20-6-3-2-4-7-20/h2-11,16,28,33,36-37H,12-15,17-18H2,1H3. The number of hydrogen-bond acceptors (Lipinski definition) is 6. The fourth-order valence-electron chi connectivity index (χ4n) is 5.07. The second kappa shape index (κ2) is 10.7. The third-order valence-corrected chi connectivity index (χ3v) is 7.02. The van der Waals surface area contributed by atoms with E-state index >= 15 is 0 Å². The maximum atomic E-state index is 13.2. The lowest BCUT2D eigenvalue weighted by atomic mass is 10.0. The minimum absolute atomic E-state index is 0.0810. The molecule has 1 aromatic heterocycles. The highest BCUT2D eigenvalue weighted by Gasteiger charge is 2.31. The number of benzene rings is 3. The second-order valence-electron chi connectivity index (χ2n) is 9.67. The first kappa shape index (κ1) is 26.1. The Labute approximate surface area is 218 Å². The zero-order chi connectivity index (χ0) is 26.9. The number of aryl methyl sites for hydroxylation is 1. The van der Waals surface area contributed by atoms with Gasteiger partial charge in [0, 0.05) is 55.9 Å². The maximum Gasteiger partial charge on any atom is 0.416 e. The van der Waals surface area contributed by atoms with Crippen molar-refractivity contribution in [3.8, 4) is 5.75 Å². The molecule has 3 aromatic carbocycles. The van der Waals surface area contributed by atoms with Gasteiger partial charge in [-0.25, -0.2) is 0 Å². The van der Waals surface area contributed by atoms with Crippen LogP contribution in [0.5, 0.6) is 5.75 Å². The highest BCUT2D eigenvalue weighted by Crippen LogP contribution is 2.38. The molecule has 5 rings (SSSR count). The number of halogens is 3. The summed E-state index contributed by atoms with van der Waals surface area (Å²) in [6.07, 6.45) is -5.84. The van der Waals surface area contributed by atoms with Crippen molar-refractivity contribution in [2.75, 3.05) is 31.5 Å². The monoisotopic (exact) mass is 525 g/mol. The van der Waals surface area contributed by atoms with Crippen LogP contribution in [0, 0.1) is 6.92 Å². The average molecular weight is 526 g/mol. The van der Waals surface area contributed by atoms with E-state index in [1.165, 1.54) is 17.7 Å². The maximum absolute atomic E-state index is 13.2. The number of furan rings is 1. The summed E-state index contributed by atoms with van der Waals surface area (Å²) < 4.78 is 45.4. The van der Waals surface area contributed by atoms with Crippen molar-refractivity contribution in [3.05, 3.63) is 94.7 Å². The molecular formula is C29H30F3N3O3. The molecule has 0 bridgehead atoms. The topological polar surface area (TPSA) is 72.1 Å². The lowest BCUT2D eigenvalue weighted by molar-refractivity contribution is -0.137. The lowest BCUT2D eigenvalue weighted by Gasteiger charge is -2.35. The number of aliphatic hydroxyl groups excluding tert-OH is 1. The van der Waals surface area contributed by atoms with Crippen LogP contribution in [0.25, 0.3) is 11.0 Å². The SMILES string of the molecule is Cc1oc2ccc(O)c(CN3CCN(Cc4ccccc4)CC3)c2c1C(O)Nc1cccc(C(F)(F)F)c1. The van der Waals surface area contributed by atoms with E-state index in [2.05, 4.69) is 27.2 Å². The zero-order valence-electron chi connectivity index (χ0n) is 21.0. The van der Waals surface area contributed by atoms with E-state index in [9.17, 15) is 23.4 Å². The van der Waals surface area contributed by atoms with Crippen molar-refractivity contribution in [2.45, 2.75) is 32.4 Å². The summed E-state index contributed by atoms with van der Waals surface area (Å²) in [5.41, 5.74) is 2.09. The number of phenols is 1. The van der Waals surface area contributed by atoms with Crippen LogP contribution in [0.2, 0.25) is 0 Å². The summed E-state index contributed by atoms with van der Waals surface area (Å²) in [5.74, 6) is 0.504. The molecule has 1 aliphatic rings. The third kappa shape index (κ3) is 5.65. The molecule has 6 nitrogen and oxygen atoms in total. The van der Waals surface area contributed by atoms with E-state index < -0.39 is 18.0 Å². The van der Waals surface area contributed by atoms with Crippen LogP contribution in [0.3, 0.4) is 0 Å². The van der Waals surface area contributed by atoms with Gasteiger partial charge in [-0.05, 0) is 42.8 Å². The first-order chi connectivity index (χ1) is 18.2. The Morgan fingerprint density at radius 3 is 2.29 bits per heavy atom. The van der Waals surface area contributed by atoms with Crippen molar-refractivity contribution in [2.24, 2.45) is 0 Å². The van der Waals surface area contributed by atoms with Gasteiger partial charge < -0.3 is 19.9 Å². The Kier molecular flexibility index (Phi) is 7.34. The predicted molar refractivity (Wildman–Crippen MR) is 140 cm³/mol. The molecule has 1 fully saturated rings. The molecule has 0 aliphatic carbocycles. The molecule has 1 saturated heterocycles. The quantitative estimate of drug-likeness (QED) is 0.262. The Bertz CT molecular complexity index is 1400. The van der Waals surface area contributed by atoms with Gasteiger partial charge >= 0.3 is 6.18 Å². The summed E-state index contributed by atoms with van der Waals surface area (Å²) in [7, 11) is 0. The normalized spacial score (nSPS) is 16.1. The summed E-state index contributed by atoms with van der Waals surface area (Å²) in [6, 6.07) is 18.2. The van der Waals surface area contributed by atoms with Gasteiger partial charge in [0.1, 0.15) is 17.1 Å². The van der Waals surface area contributed by atoms with Gasteiger partial charge in [-0.1, -0.05) is 36.4 Å². The number of aliphatic hydroxyl groups is 1. The molecule has 3 N–H and O–H groups in total. The molecule has 0 spiro atoms. The molecular weight excluding hydrogens is 495 g/mol. The molecule has 0 amide bonds. The first-order valence-corrected chi connectivity index (χ1v) is 12.5. The number of phenolic OH excluding ortho intramolecular Hbond substituents is 1. The predicted octanol–water partition coefficient (Wildman–Crippen LogP) is 5.89. The van der Waals surface area contributed by atoms with E-state index in [1.54, 1.807) is 19.1 Å². The van der Waals surface area contributed by atoms with E-state index in [-0.39, 0.29) is 11.4 Å². The minimum Gasteiger partial charge on any atom is -0.508 e. The molecule has 38 heavy (non-hydrogen) atoms. The number of aromatic hydroxyl groups is 1. The number of nitrogens with one attached hydrogen (secondary N) is 1. The Hall–Kier alpha value is -3.53. The van der Waals surface area contributed by atoms with Gasteiger partial charge in [-0.3, -0.25) is 9.80 Å². The summed E-state index contributed by atoms with van der Waals surface area (Å²) in [6.45, 7) is 6.39. The van der Waals surface area contributed by atoms with Crippen LogP contribution in [-0.2, 0) is 19.3 Å². The van der Waals surface area contributed by atoms with Crippen molar-refractivity contribution in [3.63, 3.8) is 0 Å². The molecule has 200 valence electrons. The number of fused-ring (bicyclic) bond motifs is 1. The van der Waals surface area contributed by atoms with Crippen molar-refractivity contribution >= 4 is 16.7 Å². The number of rotatable bonds is 7.